The zero-order valence-corrected chi connectivity index (χ0v) is 15.9. The van der Waals surface area contributed by atoms with Crippen molar-refractivity contribution >= 4 is 15.9 Å². The van der Waals surface area contributed by atoms with Crippen LogP contribution in [0, 0.1) is 11.7 Å². The second-order valence-electron chi connectivity index (χ2n) is 6.67. The van der Waals surface area contributed by atoms with Crippen molar-refractivity contribution in [1.29, 1.82) is 0 Å². The number of nitrogens with one attached hydrogen (secondary N) is 1. The van der Waals surface area contributed by atoms with E-state index in [1.165, 1.54) is 12.1 Å². The summed E-state index contributed by atoms with van der Waals surface area (Å²) < 4.78 is 119. The zero-order chi connectivity index (χ0) is 23.2. The van der Waals surface area contributed by atoms with Crippen LogP contribution in [0.3, 0.4) is 0 Å². The predicted octanol–water partition coefficient (Wildman–Crippen LogP) is 4.35. The number of ether oxygens (including phenoxy) is 1. The Morgan fingerprint density at radius 3 is 2.16 bits per heavy atom. The zero-order valence-electron chi connectivity index (χ0n) is 15.1. The fourth-order valence-electron chi connectivity index (χ4n) is 2.99. The van der Waals surface area contributed by atoms with Crippen LogP contribution >= 0.6 is 0 Å². The summed E-state index contributed by atoms with van der Waals surface area (Å²) in [6.07, 6.45) is -9.93. The molecule has 2 aromatic carbocycles. The third-order valence-corrected chi connectivity index (χ3v) is 5.85. The van der Waals surface area contributed by atoms with Crippen LogP contribution in [0.25, 0.3) is 0 Å². The highest BCUT2D eigenvalue weighted by Gasteiger charge is 2.46. The van der Waals surface area contributed by atoms with Crippen molar-refractivity contribution < 1.29 is 48.7 Å². The molecule has 1 N–H and O–H groups in total. The molecule has 0 unspecified atom stereocenters. The van der Waals surface area contributed by atoms with Crippen LogP contribution in [0.4, 0.5) is 30.7 Å². The van der Waals surface area contributed by atoms with E-state index in [0.717, 1.165) is 12.1 Å². The van der Waals surface area contributed by atoms with Crippen LogP contribution in [0.2, 0.25) is 0 Å². The maximum Gasteiger partial charge on any atom is 0.573 e. The number of alkyl halides is 6. The Bertz CT molecular complexity index is 1100. The Labute approximate surface area is 170 Å². The molecule has 1 amide bonds. The van der Waals surface area contributed by atoms with Crippen molar-refractivity contribution in [3.05, 3.63) is 59.4 Å². The number of rotatable bonds is 5. The third kappa shape index (κ3) is 5.46. The first-order valence-corrected chi connectivity index (χ1v) is 9.95. The SMILES string of the molecule is O=C(NS(=O)(=O)c1ccc(F)cc1C(F)(F)F)[C@@H]1C[C@H]1c1ccc(OC(F)(F)F)cc1. The van der Waals surface area contributed by atoms with Crippen LogP contribution in [0.1, 0.15) is 23.5 Å². The highest BCUT2D eigenvalue weighted by molar-refractivity contribution is 7.90. The van der Waals surface area contributed by atoms with Crippen molar-refractivity contribution in [2.24, 2.45) is 5.92 Å². The molecule has 0 aromatic heterocycles. The minimum absolute atomic E-state index is 0.00351. The van der Waals surface area contributed by atoms with Crippen molar-refractivity contribution in [3.63, 3.8) is 0 Å². The van der Waals surface area contributed by atoms with E-state index in [9.17, 15) is 43.9 Å². The summed E-state index contributed by atoms with van der Waals surface area (Å²) in [5.41, 5.74) is -1.34. The maximum atomic E-state index is 13.2. The van der Waals surface area contributed by atoms with Crippen molar-refractivity contribution in [2.45, 2.75) is 29.8 Å². The standard InChI is InChI=1S/C18H12F7NO4S/c19-10-3-6-15(14(7-10)17(20,21)22)31(28,29)26-16(27)13-8-12(13)9-1-4-11(5-2-9)30-18(23,24)25/h1-7,12-13H,8H2,(H,26,27)/t12-,13+/m0/s1. The maximum absolute atomic E-state index is 13.2. The Kier molecular flexibility index (Phi) is 5.67. The molecule has 13 heteroatoms. The number of amides is 1. The molecule has 0 aliphatic heterocycles. The minimum atomic E-state index is -5.18. The molecule has 0 radical (unpaired) electrons. The molecule has 1 fully saturated rings. The number of benzene rings is 2. The van der Waals surface area contributed by atoms with E-state index in [1.807, 2.05) is 0 Å². The summed E-state index contributed by atoms with van der Waals surface area (Å²) in [5.74, 6) is -4.34. The van der Waals surface area contributed by atoms with E-state index in [4.69, 9.17) is 0 Å². The van der Waals surface area contributed by atoms with Gasteiger partial charge in [0, 0.05) is 5.92 Å². The van der Waals surface area contributed by atoms with E-state index in [0.29, 0.717) is 17.7 Å². The predicted molar refractivity (Wildman–Crippen MR) is 90.7 cm³/mol. The Hall–Kier alpha value is -2.83. The first-order chi connectivity index (χ1) is 14.2. The number of sulfonamides is 1. The highest BCUT2D eigenvalue weighted by atomic mass is 32.2. The van der Waals surface area contributed by atoms with E-state index in [-0.39, 0.29) is 12.5 Å². The first kappa shape index (κ1) is 22.8. The lowest BCUT2D eigenvalue weighted by atomic mass is 10.1. The average Bonchev–Trinajstić information content (AvgIpc) is 3.40. The lowest BCUT2D eigenvalue weighted by molar-refractivity contribution is -0.274. The number of hydrogen-bond donors (Lipinski definition) is 1. The van der Waals surface area contributed by atoms with Crippen LogP contribution in [0.5, 0.6) is 5.75 Å². The molecule has 2 aromatic rings. The summed E-state index contributed by atoms with van der Waals surface area (Å²) >= 11 is 0. The summed E-state index contributed by atoms with van der Waals surface area (Å²) in [5, 5.41) is 0. The molecule has 0 heterocycles. The second-order valence-corrected chi connectivity index (χ2v) is 8.32. The fraction of sp³-hybridized carbons (Fsp3) is 0.278. The molecule has 1 saturated carbocycles. The van der Waals surface area contributed by atoms with Crippen LogP contribution < -0.4 is 9.46 Å². The van der Waals surface area contributed by atoms with Crippen molar-refractivity contribution in [2.75, 3.05) is 0 Å². The molecule has 0 bridgehead atoms. The van der Waals surface area contributed by atoms with Crippen molar-refractivity contribution in [1.82, 2.24) is 4.72 Å². The highest BCUT2D eigenvalue weighted by Crippen LogP contribution is 2.48. The van der Waals surface area contributed by atoms with E-state index in [2.05, 4.69) is 4.74 Å². The smallest absolute Gasteiger partial charge is 0.406 e. The summed E-state index contributed by atoms with van der Waals surface area (Å²) in [4.78, 5) is 10.9. The van der Waals surface area contributed by atoms with E-state index in [1.54, 1.807) is 4.72 Å². The molecule has 168 valence electrons. The van der Waals surface area contributed by atoms with Gasteiger partial charge in [-0.15, -0.1) is 13.2 Å². The van der Waals surface area contributed by atoms with Gasteiger partial charge in [-0.1, -0.05) is 12.1 Å². The van der Waals surface area contributed by atoms with Crippen LogP contribution in [0.15, 0.2) is 47.4 Å². The summed E-state index contributed by atoms with van der Waals surface area (Å²) in [6, 6.07) is 5.46. The largest absolute Gasteiger partial charge is 0.573 e. The van der Waals surface area contributed by atoms with Gasteiger partial charge in [0.2, 0.25) is 5.91 Å². The van der Waals surface area contributed by atoms with Gasteiger partial charge in [0.25, 0.3) is 10.0 Å². The first-order valence-electron chi connectivity index (χ1n) is 8.46. The Balaban J connectivity index is 1.72. The monoisotopic (exact) mass is 471 g/mol. The lowest BCUT2D eigenvalue weighted by Crippen LogP contribution is -2.33. The van der Waals surface area contributed by atoms with Gasteiger partial charge in [0.15, 0.2) is 0 Å². The summed E-state index contributed by atoms with van der Waals surface area (Å²) in [6.45, 7) is 0. The molecule has 1 aliphatic carbocycles. The molecular formula is C18H12F7NO4S. The van der Waals surface area contributed by atoms with Gasteiger partial charge in [-0.25, -0.2) is 17.5 Å². The molecular weight excluding hydrogens is 459 g/mol. The average molecular weight is 471 g/mol. The minimum Gasteiger partial charge on any atom is -0.406 e. The Morgan fingerprint density at radius 1 is 1.00 bits per heavy atom. The van der Waals surface area contributed by atoms with Gasteiger partial charge in [0.05, 0.1) is 10.5 Å². The molecule has 1 aliphatic rings. The van der Waals surface area contributed by atoms with Gasteiger partial charge in [-0.05, 0) is 48.2 Å². The van der Waals surface area contributed by atoms with Gasteiger partial charge >= 0.3 is 12.5 Å². The van der Waals surface area contributed by atoms with Crippen LogP contribution in [-0.2, 0) is 21.0 Å². The molecule has 2 atom stereocenters. The van der Waals surface area contributed by atoms with Gasteiger partial charge < -0.3 is 4.74 Å². The number of hydrogen-bond acceptors (Lipinski definition) is 4. The lowest BCUT2D eigenvalue weighted by Gasteiger charge is -2.14. The topological polar surface area (TPSA) is 72.5 Å². The third-order valence-electron chi connectivity index (χ3n) is 4.44. The fourth-order valence-corrected chi connectivity index (χ4v) is 4.23. The second kappa shape index (κ2) is 7.70. The number of carbonyl (C=O) groups excluding carboxylic acids is 1. The number of halogens is 7. The molecule has 0 spiro atoms. The quantitative estimate of drug-likeness (QED) is 0.659. The molecule has 3 rings (SSSR count). The summed E-state index contributed by atoms with van der Waals surface area (Å²) in [7, 11) is -4.96. The molecule has 31 heavy (non-hydrogen) atoms. The Morgan fingerprint density at radius 2 is 1.61 bits per heavy atom. The van der Waals surface area contributed by atoms with Gasteiger partial charge in [-0.3, -0.25) is 4.79 Å². The molecule has 5 nitrogen and oxygen atoms in total. The number of carbonyl (C=O) groups is 1. The van der Waals surface area contributed by atoms with Gasteiger partial charge in [0.1, 0.15) is 11.6 Å². The van der Waals surface area contributed by atoms with Crippen LogP contribution in [-0.4, -0.2) is 20.7 Å². The molecule has 0 saturated heterocycles. The van der Waals surface area contributed by atoms with E-state index < -0.39 is 62.3 Å². The van der Waals surface area contributed by atoms with Gasteiger partial charge in [-0.2, -0.15) is 13.2 Å². The van der Waals surface area contributed by atoms with E-state index >= 15 is 0 Å². The normalized spacial score (nSPS) is 19.1. The van der Waals surface area contributed by atoms with Crippen molar-refractivity contribution in [3.8, 4) is 5.75 Å².